The summed E-state index contributed by atoms with van der Waals surface area (Å²) >= 11 is 0. The molecule has 2 N–H and O–H groups in total. The number of hydrogen-bond donors (Lipinski definition) is 2. The third-order valence-electron chi connectivity index (χ3n) is 3.60. The van der Waals surface area contributed by atoms with E-state index in [1.807, 2.05) is 0 Å². The van der Waals surface area contributed by atoms with Crippen molar-refractivity contribution in [2.45, 2.75) is 39.5 Å². The first-order valence-corrected chi connectivity index (χ1v) is 7.97. The molecule has 2 aromatic rings. The molecule has 1 heterocycles. The van der Waals surface area contributed by atoms with E-state index in [1.54, 1.807) is 12.3 Å². The van der Waals surface area contributed by atoms with Gasteiger partial charge in [0.2, 0.25) is 5.95 Å². The lowest BCUT2D eigenvalue weighted by atomic mass is 9.93. The molecule has 5 nitrogen and oxygen atoms in total. The summed E-state index contributed by atoms with van der Waals surface area (Å²) in [4.78, 5) is 4.46. The van der Waals surface area contributed by atoms with Gasteiger partial charge in [-0.2, -0.15) is 10.1 Å². The zero-order chi connectivity index (χ0) is 16.8. The zero-order valence-corrected chi connectivity index (χ0v) is 14.3. The fraction of sp³-hybridized carbons (Fsp3) is 0.389. The zero-order valence-electron chi connectivity index (χ0n) is 14.3. The number of nitrogens with zero attached hydrogens (tertiary/aromatic N) is 3. The van der Waals surface area contributed by atoms with Gasteiger partial charge < -0.3 is 10.6 Å². The maximum Gasteiger partial charge on any atom is 0.249 e. The molecule has 2 rings (SSSR count). The number of hydrogen-bond acceptors (Lipinski definition) is 5. The van der Waals surface area contributed by atoms with Gasteiger partial charge in [-0.3, -0.25) is 0 Å². The normalized spacial score (nSPS) is 10.9. The van der Waals surface area contributed by atoms with Gasteiger partial charge in [0.15, 0.2) is 5.82 Å². The first kappa shape index (κ1) is 16.9. The highest BCUT2D eigenvalue weighted by Gasteiger charge is 2.15. The minimum Gasteiger partial charge on any atom is -0.365 e. The number of rotatable bonds is 7. The van der Waals surface area contributed by atoms with E-state index in [2.05, 4.69) is 78.3 Å². The highest BCUT2D eigenvalue weighted by molar-refractivity contribution is 5.65. The number of para-hydroxylation sites is 1. The molecule has 5 heteroatoms. The van der Waals surface area contributed by atoms with Crippen LogP contribution < -0.4 is 10.6 Å². The smallest absolute Gasteiger partial charge is 0.249 e. The Morgan fingerprint density at radius 1 is 1.13 bits per heavy atom. The lowest BCUT2D eigenvalue weighted by Crippen LogP contribution is -2.08. The maximum atomic E-state index is 4.46. The Morgan fingerprint density at radius 3 is 2.35 bits per heavy atom. The van der Waals surface area contributed by atoms with Crippen molar-refractivity contribution < 1.29 is 0 Å². The molecule has 23 heavy (non-hydrogen) atoms. The fourth-order valence-corrected chi connectivity index (χ4v) is 2.43. The highest BCUT2D eigenvalue weighted by atomic mass is 15.3. The van der Waals surface area contributed by atoms with Gasteiger partial charge in [0.1, 0.15) is 0 Å². The minimum atomic E-state index is 0.409. The van der Waals surface area contributed by atoms with Crippen LogP contribution in [-0.2, 0) is 0 Å². The molecule has 0 saturated carbocycles. The van der Waals surface area contributed by atoms with Crippen molar-refractivity contribution in [3.05, 3.63) is 48.2 Å². The summed E-state index contributed by atoms with van der Waals surface area (Å²) in [5.74, 6) is 1.99. The van der Waals surface area contributed by atoms with Crippen LogP contribution in [0.1, 0.15) is 50.7 Å². The van der Waals surface area contributed by atoms with Crippen molar-refractivity contribution in [2.24, 2.45) is 0 Å². The van der Waals surface area contributed by atoms with Crippen LogP contribution >= 0.6 is 0 Å². The second-order valence-corrected chi connectivity index (χ2v) is 6.08. The van der Waals surface area contributed by atoms with Crippen molar-refractivity contribution in [3.8, 4) is 0 Å². The molecule has 0 aliphatic rings. The molecule has 0 aliphatic heterocycles. The van der Waals surface area contributed by atoms with Crippen molar-refractivity contribution in [1.29, 1.82) is 0 Å². The standard InChI is InChI=1S/C18H25N5/c1-6-10-19-16-11-20-23-18(21-16)22-17-14(12(2)3)8-7-9-15(17)13(4)5/h6-9,11-13H,1,10H2,2-5H3,(H2,19,21,22,23). The van der Waals surface area contributed by atoms with Crippen LogP contribution in [0.5, 0.6) is 0 Å². The second-order valence-electron chi connectivity index (χ2n) is 6.08. The molecule has 1 aromatic carbocycles. The van der Waals surface area contributed by atoms with E-state index >= 15 is 0 Å². The van der Waals surface area contributed by atoms with E-state index in [4.69, 9.17) is 0 Å². The van der Waals surface area contributed by atoms with Gasteiger partial charge in [0.05, 0.1) is 6.20 Å². The van der Waals surface area contributed by atoms with Crippen LogP contribution in [0.2, 0.25) is 0 Å². The first-order valence-electron chi connectivity index (χ1n) is 7.97. The van der Waals surface area contributed by atoms with Crippen LogP contribution in [0, 0.1) is 0 Å². The lowest BCUT2D eigenvalue weighted by molar-refractivity contribution is 0.836. The average Bonchev–Trinajstić information content (AvgIpc) is 2.53. The van der Waals surface area contributed by atoms with Crippen molar-refractivity contribution in [2.75, 3.05) is 17.2 Å². The van der Waals surface area contributed by atoms with Crippen molar-refractivity contribution in [3.63, 3.8) is 0 Å². The van der Waals surface area contributed by atoms with Gasteiger partial charge in [-0.05, 0) is 23.0 Å². The SMILES string of the molecule is C=CCNc1cnnc(Nc2c(C(C)C)cccc2C(C)C)n1. The quantitative estimate of drug-likeness (QED) is 0.739. The Labute approximate surface area is 138 Å². The summed E-state index contributed by atoms with van der Waals surface area (Å²) in [6.45, 7) is 13.1. The van der Waals surface area contributed by atoms with Crippen LogP contribution in [0.25, 0.3) is 0 Å². The molecule has 0 amide bonds. The molecule has 0 unspecified atom stereocenters. The largest absolute Gasteiger partial charge is 0.365 e. The number of anilines is 3. The Bertz CT molecular complexity index is 638. The summed E-state index contributed by atoms with van der Waals surface area (Å²) in [6, 6.07) is 6.40. The second kappa shape index (κ2) is 7.72. The molecule has 0 fully saturated rings. The summed E-state index contributed by atoms with van der Waals surface area (Å²) < 4.78 is 0. The monoisotopic (exact) mass is 311 g/mol. The average molecular weight is 311 g/mol. The molecule has 0 saturated heterocycles. The minimum absolute atomic E-state index is 0.409. The predicted octanol–water partition coefficient (Wildman–Crippen LogP) is 4.46. The van der Waals surface area contributed by atoms with E-state index in [1.165, 1.54) is 11.1 Å². The Hall–Kier alpha value is -2.43. The Morgan fingerprint density at radius 2 is 1.78 bits per heavy atom. The third-order valence-corrected chi connectivity index (χ3v) is 3.60. The lowest BCUT2D eigenvalue weighted by Gasteiger charge is -2.20. The van der Waals surface area contributed by atoms with E-state index in [0.29, 0.717) is 30.1 Å². The van der Waals surface area contributed by atoms with Gasteiger partial charge in [-0.15, -0.1) is 11.7 Å². The Kier molecular flexibility index (Phi) is 5.68. The summed E-state index contributed by atoms with van der Waals surface area (Å²) in [6.07, 6.45) is 3.38. The van der Waals surface area contributed by atoms with E-state index < -0.39 is 0 Å². The Balaban J connectivity index is 2.37. The number of nitrogens with one attached hydrogen (secondary N) is 2. The van der Waals surface area contributed by atoms with Gasteiger partial charge in [0, 0.05) is 12.2 Å². The van der Waals surface area contributed by atoms with E-state index in [9.17, 15) is 0 Å². The van der Waals surface area contributed by atoms with Gasteiger partial charge in [-0.1, -0.05) is 52.0 Å². The summed E-state index contributed by atoms with van der Waals surface area (Å²) in [5, 5.41) is 14.6. The van der Waals surface area contributed by atoms with Crippen molar-refractivity contribution in [1.82, 2.24) is 15.2 Å². The molecular formula is C18H25N5. The maximum absolute atomic E-state index is 4.46. The van der Waals surface area contributed by atoms with E-state index in [-0.39, 0.29) is 0 Å². The summed E-state index contributed by atoms with van der Waals surface area (Å²) in [7, 11) is 0. The molecule has 0 atom stereocenters. The highest BCUT2D eigenvalue weighted by Crippen LogP contribution is 2.33. The van der Waals surface area contributed by atoms with Crippen molar-refractivity contribution >= 4 is 17.5 Å². The third kappa shape index (κ3) is 4.28. The first-order chi connectivity index (χ1) is 11.0. The van der Waals surface area contributed by atoms with Crippen LogP contribution in [-0.4, -0.2) is 21.7 Å². The molecule has 0 radical (unpaired) electrons. The molecular weight excluding hydrogens is 286 g/mol. The van der Waals surface area contributed by atoms with E-state index in [0.717, 1.165) is 5.69 Å². The topological polar surface area (TPSA) is 62.7 Å². The number of aromatic nitrogens is 3. The van der Waals surface area contributed by atoms with Gasteiger partial charge >= 0.3 is 0 Å². The fourth-order valence-electron chi connectivity index (χ4n) is 2.43. The molecule has 0 aliphatic carbocycles. The molecule has 0 bridgehead atoms. The molecule has 0 spiro atoms. The van der Waals surface area contributed by atoms with Crippen LogP contribution in [0.4, 0.5) is 17.5 Å². The number of benzene rings is 1. The van der Waals surface area contributed by atoms with Crippen LogP contribution in [0.15, 0.2) is 37.1 Å². The molecule has 122 valence electrons. The predicted molar refractivity (Wildman–Crippen MR) is 96.4 cm³/mol. The van der Waals surface area contributed by atoms with Gasteiger partial charge in [-0.25, -0.2) is 0 Å². The van der Waals surface area contributed by atoms with Crippen LogP contribution in [0.3, 0.4) is 0 Å². The summed E-state index contributed by atoms with van der Waals surface area (Å²) in [5.41, 5.74) is 3.59. The van der Waals surface area contributed by atoms with Gasteiger partial charge in [0.25, 0.3) is 0 Å². The molecule has 1 aromatic heterocycles.